The van der Waals surface area contributed by atoms with Crippen molar-refractivity contribution in [1.29, 1.82) is 0 Å². The minimum Gasteiger partial charge on any atom is -0.368 e. The van der Waals surface area contributed by atoms with Gasteiger partial charge in [0.05, 0.1) is 0 Å². The second kappa shape index (κ2) is 3.49. The zero-order chi connectivity index (χ0) is 10.3. The van der Waals surface area contributed by atoms with Crippen LogP contribution in [0.3, 0.4) is 0 Å². The van der Waals surface area contributed by atoms with Crippen molar-refractivity contribution in [2.45, 2.75) is 24.9 Å². The van der Waals surface area contributed by atoms with Crippen molar-refractivity contribution in [3.63, 3.8) is 0 Å². The molecule has 3 heteroatoms. The molecule has 1 aromatic carbocycles. The van der Waals surface area contributed by atoms with Crippen LogP contribution in [0, 0.1) is 5.82 Å². The van der Waals surface area contributed by atoms with Crippen LogP contribution in [-0.2, 0) is 0 Å². The number of nitrogens with one attached hydrogen (secondary N) is 1. The van der Waals surface area contributed by atoms with Gasteiger partial charge in [0, 0.05) is 30.9 Å². The molecule has 80 valence electrons. The first kappa shape index (κ1) is 9.16. The van der Waals surface area contributed by atoms with Crippen LogP contribution < -0.4 is 10.2 Å². The average molecular weight is 206 g/mol. The van der Waals surface area contributed by atoms with Gasteiger partial charge in [-0.15, -0.1) is 0 Å². The Hall–Kier alpha value is -1.09. The monoisotopic (exact) mass is 206 g/mol. The number of anilines is 1. The van der Waals surface area contributed by atoms with E-state index in [1.807, 2.05) is 12.1 Å². The van der Waals surface area contributed by atoms with Gasteiger partial charge in [-0.05, 0) is 37.1 Å². The first-order valence-electron chi connectivity index (χ1n) is 5.58. The molecule has 2 saturated heterocycles. The predicted octanol–water partition coefficient (Wildman–Crippen LogP) is 1.77. The van der Waals surface area contributed by atoms with E-state index in [4.69, 9.17) is 0 Å². The average Bonchev–Trinajstić information content (AvgIpc) is 2.59. The fraction of sp³-hybridized carbons (Fsp3) is 0.500. The van der Waals surface area contributed by atoms with Crippen LogP contribution in [0.5, 0.6) is 0 Å². The molecule has 0 aromatic heterocycles. The first-order valence-corrected chi connectivity index (χ1v) is 5.58. The smallest absolute Gasteiger partial charge is 0.123 e. The van der Waals surface area contributed by atoms with E-state index < -0.39 is 0 Å². The summed E-state index contributed by atoms with van der Waals surface area (Å²) in [5, 5.41) is 3.59. The summed E-state index contributed by atoms with van der Waals surface area (Å²) in [6.07, 6.45) is 2.56. The Bertz CT molecular complexity index is 337. The lowest BCUT2D eigenvalue weighted by molar-refractivity contribution is 0.465. The summed E-state index contributed by atoms with van der Waals surface area (Å²) in [5.41, 5.74) is 1.15. The Morgan fingerprint density at radius 3 is 2.27 bits per heavy atom. The van der Waals surface area contributed by atoms with Crippen molar-refractivity contribution in [2.75, 3.05) is 18.0 Å². The number of benzene rings is 1. The summed E-state index contributed by atoms with van der Waals surface area (Å²) >= 11 is 0. The molecule has 2 bridgehead atoms. The van der Waals surface area contributed by atoms with E-state index in [2.05, 4.69) is 10.2 Å². The van der Waals surface area contributed by atoms with Crippen LogP contribution in [-0.4, -0.2) is 25.2 Å². The third-order valence-corrected chi connectivity index (χ3v) is 3.41. The van der Waals surface area contributed by atoms with E-state index in [0.717, 1.165) is 18.8 Å². The van der Waals surface area contributed by atoms with Gasteiger partial charge in [0.15, 0.2) is 0 Å². The van der Waals surface area contributed by atoms with E-state index in [0.29, 0.717) is 12.1 Å². The lowest BCUT2D eigenvalue weighted by Gasteiger charge is -2.34. The fourth-order valence-electron chi connectivity index (χ4n) is 2.66. The van der Waals surface area contributed by atoms with E-state index >= 15 is 0 Å². The molecule has 0 aliphatic carbocycles. The summed E-state index contributed by atoms with van der Waals surface area (Å²) in [5.74, 6) is -0.156. The molecule has 0 radical (unpaired) electrons. The molecule has 1 N–H and O–H groups in total. The van der Waals surface area contributed by atoms with Crippen LogP contribution in [0.15, 0.2) is 24.3 Å². The highest BCUT2D eigenvalue weighted by Crippen LogP contribution is 2.25. The van der Waals surface area contributed by atoms with Crippen molar-refractivity contribution >= 4 is 5.69 Å². The number of rotatable bonds is 1. The molecular formula is C12H15FN2. The predicted molar refractivity (Wildman–Crippen MR) is 58.6 cm³/mol. The number of hydrogen-bond donors (Lipinski definition) is 1. The quantitative estimate of drug-likeness (QED) is 0.753. The fourth-order valence-corrected chi connectivity index (χ4v) is 2.66. The number of hydrogen-bond acceptors (Lipinski definition) is 2. The molecule has 3 rings (SSSR count). The van der Waals surface area contributed by atoms with Crippen LogP contribution in [0.2, 0.25) is 0 Å². The molecule has 2 heterocycles. The standard InChI is InChI=1S/C12H15FN2/c13-9-1-5-12(6-2-9)15-7-10-3-4-11(8-15)14-10/h1-2,5-6,10-11,14H,3-4,7-8H2. The normalized spacial score (nSPS) is 29.5. The summed E-state index contributed by atoms with van der Waals surface area (Å²) in [6, 6.07) is 8.10. The lowest BCUT2D eigenvalue weighted by Crippen LogP contribution is -2.51. The molecule has 2 fully saturated rings. The van der Waals surface area contributed by atoms with E-state index in [1.165, 1.54) is 12.8 Å². The van der Waals surface area contributed by atoms with Crippen molar-refractivity contribution in [3.8, 4) is 0 Å². The topological polar surface area (TPSA) is 15.3 Å². The van der Waals surface area contributed by atoms with Crippen LogP contribution in [0.1, 0.15) is 12.8 Å². The molecule has 2 nitrogen and oxygen atoms in total. The lowest BCUT2D eigenvalue weighted by atomic mass is 10.2. The van der Waals surface area contributed by atoms with Gasteiger partial charge in [0.25, 0.3) is 0 Å². The second-order valence-electron chi connectivity index (χ2n) is 4.52. The van der Waals surface area contributed by atoms with Gasteiger partial charge < -0.3 is 10.2 Å². The highest BCUT2D eigenvalue weighted by Gasteiger charge is 2.31. The first-order chi connectivity index (χ1) is 7.31. The van der Waals surface area contributed by atoms with Crippen molar-refractivity contribution in [1.82, 2.24) is 5.32 Å². The van der Waals surface area contributed by atoms with Crippen molar-refractivity contribution in [3.05, 3.63) is 30.1 Å². The minimum absolute atomic E-state index is 0.156. The summed E-state index contributed by atoms with van der Waals surface area (Å²) in [4.78, 5) is 2.36. The number of piperazine rings is 1. The molecule has 2 aliphatic heterocycles. The van der Waals surface area contributed by atoms with Gasteiger partial charge in [-0.25, -0.2) is 4.39 Å². The molecule has 1 aromatic rings. The van der Waals surface area contributed by atoms with Crippen molar-refractivity contribution in [2.24, 2.45) is 0 Å². The summed E-state index contributed by atoms with van der Waals surface area (Å²) in [7, 11) is 0. The molecule has 2 aliphatic rings. The van der Waals surface area contributed by atoms with Crippen molar-refractivity contribution < 1.29 is 4.39 Å². The maximum Gasteiger partial charge on any atom is 0.123 e. The molecule has 0 saturated carbocycles. The number of fused-ring (bicyclic) bond motifs is 2. The minimum atomic E-state index is -0.156. The van der Waals surface area contributed by atoms with Crippen LogP contribution >= 0.6 is 0 Å². The maximum atomic E-state index is 12.8. The highest BCUT2D eigenvalue weighted by atomic mass is 19.1. The van der Waals surface area contributed by atoms with Gasteiger partial charge in [-0.2, -0.15) is 0 Å². The molecule has 15 heavy (non-hydrogen) atoms. The third-order valence-electron chi connectivity index (χ3n) is 3.41. The Labute approximate surface area is 89.1 Å². The van der Waals surface area contributed by atoms with E-state index in [-0.39, 0.29) is 5.82 Å². The van der Waals surface area contributed by atoms with Gasteiger partial charge in [0.2, 0.25) is 0 Å². The number of nitrogens with zero attached hydrogens (tertiary/aromatic N) is 1. The zero-order valence-electron chi connectivity index (χ0n) is 8.62. The van der Waals surface area contributed by atoms with Gasteiger partial charge in [-0.3, -0.25) is 0 Å². The molecular weight excluding hydrogens is 191 g/mol. The molecule has 0 spiro atoms. The zero-order valence-corrected chi connectivity index (χ0v) is 8.62. The van der Waals surface area contributed by atoms with Crippen LogP contribution in [0.25, 0.3) is 0 Å². The largest absolute Gasteiger partial charge is 0.368 e. The van der Waals surface area contributed by atoms with E-state index in [1.54, 1.807) is 12.1 Å². The summed E-state index contributed by atoms with van der Waals surface area (Å²) < 4.78 is 12.8. The Morgan fingerprint density at radius 1 is 1.07 bits per heavy atom. The molecule has 0 amide bonds. The van der Waals surface area contributed by atoms with Gasteiger partial charge in [0.1, 0.15) is 5.82 Å². The summed E-state index contributed by atoms with van der Waals surface area (Å²) in [6.45, 7) is 2.12. The van der Waals surface area contributed by atoms with Gasteiger partial charge >= 0.3 is 0 Å². The number of halogens is 1. The third kappa shape index (κ3) is 1.72. The maximum absolute atomic E-state index is 12.8. The Balaban J connectivity index is 1.80. The highest BCUT2D eigenvalue weighted by molar-refractivity contribution is 5.47. The molecule has 2 unspecified atom stereocenters. The SMILES string of the molecule is Fc1ccc(N2CC3CCC(C2)N3)cc1. The van der Waals surface area contributed by atoms with Crippen LogP contribution in [0.4, 0.5) is 10.1 Å². The van der Waals surface area contributed by atoms with Gasteiger partial charge in [-0.1, -0.05) is 0 Å². The second-order valence-corrected chi connectivity index (χ2v) is 4.52. The van der Waals surface area contributed by atoms with E-state index in [9.17, 15) is 4.39 Å². The Kier molecular flexibility index (Phi) is 2.13. The molecule has 2 atom stereocenters. The Morgan fingerprint density at radius 2 is 1.67 bits per heavy atom.